The van der Waals surface area contributed by atoms with E-state index in [9.17, 15) is 10.2 Å². The summed E-state index contributed by atoms with van der Waals surface area (Å²) >= 11 is 0. The van der Waals surface area contributed by atoms with Gasteiger partial charge in [0.15, 0.2) is 0 Å². The lowest BCUT2D eigenvalue weighted by Gasteiger charge is -2.52. The van der Waals surface area contributed by atoms with E-state index in [0.29, 0.717) is 17.6 Å². The average molecular weight is 285 g/mol. The lowest BCUT2D eigenvalue weighted by atomic mass is 9.51. The molecule has 1 aromatic rings. The van der Waals surface area contributed by atoms with Crippen LogP contribution in [0.2, 0.25) is 0 Å². The van der Waals surface area contributed by atoms with E-state index in [-0.39, 0.29) is 5.41 Å². The molecule has 0 heterocycles. The number of phenols is 1. The fourth-order valence-corrected chi connectivity index (χ4v) is 5.81. The molecule has 3 aliphatic carbocycles. The second-order valence-electron chi connectivity index (χ2n) is 8.07. The van der Waals surface area contributed by atoms with E-state index in [4.69, 9.17) is 0 Å². The van der Waals surface area contributed by atoms with Crippen molar-refractivity contribution in [2.75, 3.05) is 0 Å². The van der Waals surface area contributed by atoms with Gasteiger partial charge < -0.3 is 10.2 Å². The summed E-state index contributed by atoms with van der Waals surface area (Å²) in [5, 5.41) is 20.5. The zero-order valence-corrected chi connectivity index (χ0v) is 13.1. The molecule has 0 spiro atoms. The molecule has 0 unspecified atom stereocenters. The van der Waals surface area contributed by atoms with Gasteiger partial charge in [-0.3, -0.25) is 0 Å². The molecule has 2 heteroatoms. The largest absolute Gasteiger partial charge is 0.508 e. The van der Waals surface area contributed by atoms with Gasteiger partial charge >= 0.3 is 0 Å². The minimum atomic E-state index is -0.488. The Morgan fingerprint density at radius 1 is 1.10 bits per heavy atom. The fourth-order valence-electron chi connectivity index (χ4n) is 5.81. The van der Waals surface area contributed by atoms with Crippen LogP contribution in [-0.2, 0) is 6.42 Å². The topological polar surface area (TPSA) is 40.5 Å². The minimum absolute atomic E-state index is 0.0998. The molecule has 5 atom stereocenters. The molecule has 0 radical (unpaired) electrons. The van der Waals surface area contributed by atoms with Crippen LogP contribution in [0.1, 0.15) is 63.0 Å². The van der Waals surface area contributed by atoms with Gasteiger partial charge in [0.2, 0.25) is 0 Å². The Morgan fingerprint density at radius 3 is 2.71 bits per heavy atom. The first kappa shape index (κ1) is 13.6. The number of fused-ring (bicyclic) bond motifs is 5. The van der Waals surface area contributed by atoms with Crippen LogP contribution in [-0.4, -0.2) is 15.8 Å². The van der Waals surface area contributed by atoms with Crippen LogP contribution in [0, 0.1) is 17.3 Å². The molecule has 2 saturated carbocycles. The van der Waals surface area contributed by atoms with Crippen molar-refractivity contribution in [1.82, 2.24) is 0 Å². The molecule has 2 nitrogen and oxygen atoms in total. The van der Waals surface area contributed by atoms with Crippen LogP contribution in [0.3, 0.4) is 0 Å². The number of hydrogen-bond donors (Lipinski definition) is 2. The van der Waals surface area contributed by atoms with Gasteiger partial charge in [-0.2, -0.15) is 0 Å². The standard InChI is InChI=1S/C19H26O2/c1-18-9-7-15-14-6-4-13(20)11-12(14)3-5-16(15)17(18)8-10-19(18,2)21/h4,6,11,15-17,20-21H,3,5,7-10H2,1-2H3/t15-,16-,17+,18+,19+/m1/s1/i2-1. The smallest absolute Gasteiger partial charge is 0.115 e. The molecule has 0 aromatic heterocycles. The van der Waals surface area contributed by atoms with Crippen molar-refractivity contribution in [3.63, 3.8) is 0 Å². The van der Waals surface area contributed by atoms with Crippen molar-refractivity contribution in [3.8, 4) is 5.75 Å². The van der Waals surface area contributed by atoms with E-state index in [2.05, 4.69) is 19.9 Å². The molecule has 3 aliphatic rings. The summed E-state index contributed by atoms with van der Waals surface area (Å²) in [6.07, 6.45) is 6.76. The molecule has 0 saturated heterocycles. The SMILES string of the molecule is C[C@]12CC[C@@H]3c4ccc(O)cc4CC[C@H]3[C@@H]1CC[C@]2([11CH3])O. The van der Waals surface area contributed by atoms with E-state index >= 15 is 0 Å². The third kappa shape index (κ3) is 1.75. The number of aromatic hydroxyl groups is 1. The first-order chi connectivity index (χ1) is 9.92. The lowest BCUT2D eigenvalue weighted by molar-refractivity contribution is -0.0901. The number of benzene rings is 1. The molecule has 21 heavy (non-hydrogen) atoms. The second-order valence-corrected chi connectivity index (χ2v) is 8.07. The summed E-state index contributed by atoms with van der Waals surface area (Å²) in [6.45, 7) is 4.38. The Morgan fingerprint density at radius 2 is 1.90 bits per heavy atom. The highest BCUT2D eigenvalue weighted by molar-refractivity contribution is 5.40. The number of rotatable bonds is 0. The van der Waals surface area contributed by atoms with E-state index in [0.717, 1.165) is 25.2 Å². The predicted molar refractivity (Wildman–Crippen MR) is 83.3 cm³/mol. The van der Waals surface area contributed by atoms with Crippen LogP contribution < -0.4 is 0 Å². The third-order valence-corrected chi connectivity index (χ3v) is 7.27. The van der Waals surface area contributed by atoms with Gasteiger partial charge in [0.05, 0.1) is 5.60 Å². The fraction of sp³-hybridized carbons (Fsp3) is 0.684. The summed E-state index contributed by atoms with van der Waals surface area (Å²) < 4.78 is 0. The first-order valence-electron chi connectivity index (χ1n) is 8.46. The summed E-state index contributed by atoms with van der Waals surface area (Å²) in [5.41, 5.74) is 2.43. The predicted octanol–water partition coefficient (Wildman–Crippen LogP) is 4.00. The molecule has 0 amide bonds. The Bertz CT molecular complexity index is 577. The normalized spacial score (nSPS) is 44.8. The van der Waals surface area contributed by atoms with Crippen LogP contribution in [0.5, 0.6) is 5.75 Å². The van der Waals surface area contributed by atoms with E-state index in [1.54, 1.807) is 0 Å². The van der Waals surface area contributed by atoms with Crippen LogP contribution in [0.4, 0.5) is 0 Å². The van der Waals surface area contributed by atoms with Gasteiger partial charge in [-0.15, -0.1) is 0 Å². The zero-order chi connectivity index (χ0) is 14.8. The number of aryl methyl sites for hydroxylation is 1. The summed E-state index contributed by atoms with van der Waals surface area (Å²) in [6, 6.07) is 5.96. The van der Waals surface area contributed by atoms with Gasteiger partial charge in [-0.25, -0.2) is 0 Å². The van der Waals surface area contributed by atoms with Gasteiger partial charge in [0.1, 0.15) is 5.75 Å². The van der Waals surface area contributed by atoms with Gasteiger partial charge in [-0.05, 0) is 91.9 Å². The number of hydrogen-bond acceptors (Lipinski definition) is 2. The van der Waals surface area contributed by atoms with Crippen molar-refractivity contribution in [3.05, 3.63) is 29.3 Å². The quantitative estimate of drug-likeness (QED) is 0.756. The molecule has 0 bridgehead atoms. The highest BCUT2D eigenvalue weighted by Gasteiger charge is 2.59. The molecule has 0 aliphatic heterocycles. The summed E-state index contributed by atoms with van der Waals surface area (Å²) in [5.74, 6) is 2.42. The van der Waals surface area contributed by atoms with E-state index < -0.39 is 5.60 Å². The van der Waals surface area contributed by atoms with Crippen LogP contribution in [0.15, 0.2) is 18.2 Å². The molecule has 2 fully saturated rings. The van der Waals surface area contributed by atoms with Gasteiger partial charge in [0.25, 0.3) is 0 Å². The Labute approximate surface area is 127 Å². The maximum atomic E-state index is 10.8. The van der Waals surface area contributed by atoms with E-state index in [1.807, 2.05) is 12.1 Å². The Kier molecular flexibility index (Phi) is 2.76. The highest BCUT2D eigenvalue weighted by Crippen LogP contribution is 2.64. The number of aliphatic hydroxyl groups is 1. The lowest BCUT2D eigenvalue weighted by Crippen LogP contribution is -2.49. The monoisotopic (exact) mass is 285 g/mol. The summed E-state index contributed by atoms with van der Waals surface area (Å²) in [7, 11) is 0. The van der Waals surface area contributed by atoms with Crippen LogP contribution in [0.25, 0.3) is 0 Å². The molecular formula is C19H26O2. The maximum Gasteiger partial charge on any atom is 0.115 e. The molecule has 4 rings (SSSR count). The van der Waals surface area contributed by atoms with Gasteiger partial charge in [0, 0.05) is 0 Å². The number of phenolic OH excluding ortho intramolecular Hbond substituents is 1. The summed E-state index contributed by atoms with van der Waals surface area (Å²) in [4.78, 5) is 0. The zero-order valence-electron chi connectivity index (χ0n) is 13.1. The molecular weight excluding hydrogens is 259 g/mol. The Hall–Kier alpha value is -1.02. The average Bonchev–Trinajstić information content (AvgIpc) is 2.69. The third-order valence-electron chi connectivity index (χ3n) is 7.27. The second kappa shape index (κ2) is 4.25. The van der Waals surface area contributed by atoms with Crippen LogP contribution >= 0.6 is 0 Å². The minimum Gasteiger partial charge on any atom is -0.508 e. The van der Waals surface area contributed by atoms with Gasteiger partial charge in [-0.1, -0.05) is 13.0 Å². The van der Waals surface area contributed by atoms with Crippen molar-refractivity contribution >= 4 is 0 Å². The molecule has 2 N–H and O–H groups in total. The molecule has 1 aromatic carbocycles. The highest BCUT2D eigenvalue weighted by atomic mass is 16.3. The van der Waals surface area contributed by atoms with Crippen molar-refractivity contribution in [2.24, 2.45) is 17.3 Å². The maximum absolute atomic E-state index is 10.8. The first-order valence-corrected chi connectivity index (χ1v) is 8.46. The molecule has 114 valence electrons. The van der Waals surface area contributed by atoms with Crippen molar-refractivity contribution in [1.29, 1.82) is 0 Å². The van der Waals surface area contributed by atoms with Crippen molar-refractivity contribution < 1.29 is 10.2 Å². The van der Waals surface area contributed by atoms with E-state index in [1.165, 1.54) is 30.4 Å². The Balaban J connectivity index is 1.72. The van der Waals surface area contributed by atoms with Crippen molar-refractivity contribution in [2.45, 2.75) is 63.9 Å².